The van der Waals surface area contributed by atoms with Gasteiger partial charge in [-0.25, -0.2) is 0 Å². The van der Waals surface area contributed by atoms with Gasteiger partial charge in [0.1, 0.15) is 12.2 Å². The zero-order chi connectivity index (χ0) is 45.9. The molecule has 0 aromatic rings. The average Bonchev–Trinajstić information content (AvgIpc) is 3.29. The minimum atomic E-state index is -1.30. The zero-order valence-corrected chi connectivity index (χ0v) is 41.8. The number of hydrogen-bond acceptors (Lipinski definition) is 5. The molecule has 63 heavy (non-hydrogen) atoms. The van der Waals surface area contributed by atoms with Crippen LogP contribution in [-0.4, -0.2) is 57.3 Å². The molecule has 1 amide bonds. The molecule has 0 aromatic carbocycles. The molecule has 0 aliphatic rings. The lowest BCUT2D eigenvalue weighted by Gasteiger charge is -2.27. The fourth-order valence-electron chi connectivity index (χ4n) is 8.37. The fourth-order valence-corrected chi connectivity index (χ4v) is 8.37. The van der Waals surface area contributed by atoms with E-state index >= 15 is 0 Å². The molecule has 6 nitrogen and oxygen atoms in total. The number of amides is 1. The van der Waals surface area contributed by atoms with Crippen molar-refractivity contribution >= 4 is 5.91 Å². The normalized spacial score (nSPS) is 14.2. The molecule has 6 heteroatoms. The highest BCUT2D eigenvalue weighted by molar-refractivity contribution is 5.80. The Morgan fingerprint density at radius 1 is 0.381 bits per heavy atom. The molecular formula is C57H107NO5. The van der Waals surface area contributed by atoms with Crippen LogP contribution < -0.4 is 5.32 Å². The molecule has 0 aliphatic heterocycles. The van der Waals surface area contributed by atoms with Crippen molar-refractivity contribution in [3.05, 3.63) is 48.6 Å². The molecule has 4 atom stereocenters. The van der Waals surface area contributed by atoms with E-state index in [9.17, 15) is 25.2 Å². The molecule has 5 N–H and O–H groups in total. The van der Waals surface area contributed by atoms with Crippen LogP contribution in [0.15, 0.2) is 48.6 Å². The van der Waals surface area contributed by atoms with Gasteiger partial charge >= 0.3 is 0 Å². The van der Waals surface area contributed by atoms with Crippen molar-refractivity contribution < 1.29 is 25.2 Å². The van der Waals surface area contributed by atoms with Gasteiger partial charge in [-0.1, -0.05) is 236 Å². The second kappa shape index (κ2) is 51.3. The van der Waals surface area contributed by atoms with Crippen molar-refractivity contribution in [2.24, 2.45) is 0 Å². The smallest absolute Gasteiger partial charge is 0.249 e. The van der Waals surface area contributed by atoms with Crippen LogP contribution in [0.4, 0.5) is 0 Å². The van der Waals surface area contributed by atoms with Crippen LogP contribution in [0.5, 0.6) is 0 Å². The first-order chi connectivity index (χ1) is 31.0. The van der Waals surface area contributed by atoms with E-state index in [1.54, 1.807) is 0 Å². The summed E-state index contributed by atoms with van der Waals surface area (Å²) in [7, 11) is 0. The van der Waals surface area contributed by atoms with E-state index in [2.05, 4.69) is 67.8 Å². The third kappa shape index (κ3) is 45.2. The molecule has 0 heterocycles. The molecule has 0 radical (unpaired) electrons. The number of rotatable bonds is 50. The highest BCUT2D eigenvalue weighted by Gasteiger charge is 2.28. The number of allylic oxidation sites excluding steroid dienone is 8. The van der Waals surface area contributed by atoms with E-state index in [0.717, 1.165) is 64.2 Å². The first kappa shape index (κ1) is 61.3. The van der Waals surface area contributed by atoms with Crippen LogP contribution >= 0.6 is 0 Å². The Kier molecular flexibility index (Phi) is 49.8. The molecule has 0 bridgehead atoms. The number of hydrogen-bond donors (Lipinski definition) is 5. The van der Waals surface area contributed by atoms with Crippen LogP contribution in [0.1, 0.15) is 277 Å². The van der Waals surface area contributed by atoms with E-state index < -0.39 is 36.9 Å². The predicted molar refractivity (Wildman–Crippen MR) is 274 cm³/mol. The van der Waals surface area contributed by atoms with Crippen LogP contribution in [0.2, 0.25) is 0 Å². The number of unbranched alkanes of at least 4 members (excludes halogenated alkanes) is 33. The largest absolute Gasteiger partial charge is 0.394 e. The topological polar surface area (TPSA) is 110 Å². The predicted octanol–water partition coefficient (Wildman–Crippen LogP) is 15.8. The van der Waals surface area contributed by atoms with Crippen molar-refractivity contribution in [1.82, 2.24) is 5.32 Å². The van der Waals surface area contributed by atoms with Gasteiger partial charge in [-0.3, -0.25) is 4.79 Å². The van der Waals surface area contributed by atoms with E-state index in [-0.39, 0.29) is 0 Å². The third-order valence-corrected chi connectivity index (χ3v) is 12.7. The number of carbonyl (C=O) groups excluding carboxylic acids is 1. The lowest BCUT2D eigenvalue weighted by molar-refractivity contribution is -0.132. The maximum Gasteiger partial charge on any atom is 0.249 e. The van der Waals surface area contributed by atoms with Crippen molar-refractivity contribution in [3.8, 4) is 0 Å². The van der Waals surface area contributed by atoms with Crippen LogP contribution in [0, 0.1) is 0 Å². The first-order valence-electron chi connectivity index (χ1n) is 27.5. The highest BCUT2D eigenvalue weighted by Crippen LogP contribution is 2.16. The number of carbonyl (C=O) groups is 1. The Morgan fingerprint density at radius 2 is 0.667 bits per heavy atom. The van der Waals surface area contributed by atoms with Gasteiger partial charge in [-0.05, 0) is 89.9 Å². The Labute approximate surface area is 391 Å². The van der Waals surface area contributed by atoms with Gasteiger partial charge in [-0.2, -0.15) is 0 Å². The fraction of sp³-hybridized carbons (Fsp3) is 0.842. The molecule has 370 valence electrons. The van der Waals surface area contributed by atoms with E-state index in [0.29, 0.717) is 19.3 Å². The molecule has 0 fully saturated rings. The van der Waals surface area contributed by atoms with Crippen LogP contribution in [0.3, 0.4) is 0 Å². The molecule has 0 spiro atoms. The molecule has 0 rings (SSSR count). The molecule has 0 saturated carbocycles. The lowest BCUT2D eigenvalue weighted by atomic mass is 10.00. The van der Waals surface area contributed by atoms with Gasteiger partial charge in [-0.15, -0.1) is 0 Å². The molecular weight excluding hydrogens is 779 g/mol. The lowest BCUT2D eigenvalue weighted by Crippen LogP contribution is -2.53. The van der Waals surface area contributed by atoms with E-state index in [4.69, 9.17) is 0 Å². The first-order valence-corrected chi connectivity index (χ1v) is 27.5. The van der Waals surface area contributed by atoms with Crippen molar-refractivity contribution in [3.63, 3.8) is 0 Å². The minimum Gasteiger partial charge on any atom is -0.394 e. The Bertz CT molecular complexity index is 1040. The quantitative estimate of drug-likeness (QED) is 0.0309. The second-order valence-corrected chi connectivity index (χ2v) is 18.9. The summed E-state index contributed by atoms with van der Waals surface area (Å²) in [4.78, 5) is 12.5. The molecule has 0 aliphatic carbocycles. The van der Waals surface area contributed by atoms with Crippen molar-refractivity contribution in [1.29, 1.82) is 0 Å². The Morgan fingerprint density at radius 3 is 1.00 bits per heavy atom. The van der Waals surface area contributed by atoms with Gasteiger partial charge < -0.3 is 25.7 Å². The van der Waals surface area contributed by atoms with Gasteiger partial charge in [0.2, 0.25) is 5.91 Å². The van der Waals surface area contributed by atoms with Crippen molar-refractivity contribution in [2.75, 3.05) is 6.61 Å². The maximum atomic E-state index is 12.5. The van der Waals surface area contributed by atoms with E-state index in [1.807, 2.05) is 0 Å². The highest BCUT2D eigenvalue weighted by atomic mass is 16.3. The molecule has 0 saturated heterocycles. The second-order valence-electron chi connectivity index (χ2n) is 18.9. The number of aliphatic hydroxyl groups is 4. The average molecular weight is 886 g/mol. The van der Waals surface area contributed by atoms with Crippen molar-refractivity contribution in [2.45, 2.75) is 301 Å². The summed E-state index contributed by atoms with van der Waals surface area (Å²) in [6.07, 6.45) is 64.7. The Hall–Kier alpha value is -1.73. The summed E-state index contributed by atoms with van der Waals surface area (Å²) in [6.45, 7) is 4.05. The summed E-state index contributed by atoms with van der Waals surface area (Å²) < 4.78 is 0. The maximum absolute atomic E-state index is 12.5. The number of aliphatic hydroxyl groups excluding tert-OH is 4. The van der Waals surface area contributed by atoms with E-state index in [1.165, 1.54) is 180 Å². The zero-order valence-electron chi connectivity index (χ0n) is 41.8. The number of nitrogens with one attached hydrogen (secondary N) is 1. The molecule has 4 unspecified atom stereocenters. The minimum absolute atomic E-state index is 0.350. The summed E-state index contributed by atoms with van der Waals surface area (Å²) in [5.74, 6) is -0.604. The monoisotopic (exact) mass is 886 g/mol. The summed E-state index contributed by atoms with van der Waals surface area (Å²) in [5, 5.41) is 43.8. The van der Waals surface area contributed by atoms with Crippen LogP contribution in [-0.2, 0) is 4.79 Å². The summed E-state index contributed by atoms with van der Waals surface area (Å²) in [5.41, 5.74) is 0. The summed E-state index contributed by atoms with van der Waals surface area (Å²) >= 11 is 0. The third-order valence-electron chi connectivity index (χ3n) is 12.7. The van der Waals surface area contributed by atoms with Crippen LogP contribution in [0.25, 0.3) is 0 Å². The Balaban J connectivity index is 3.71. The van der Waals surface area contributed by atoms with Gasteiger partial charge in [0.05, 0.1) is 18.8 Å². The molecule has 0 aromatic heterocycles. The summed E-state index contributed by atoms with van der Waals surface area (Å²) in [6, 6.07) is -1.02. The SMILES string of the molecule is CCCCCCCC/C=C\CCCCCCCCC(O)C(=O)NC(CO)C(O)C(O)CCC/C=C/CC/C=C/CC/C=C/CCCCCCCCCCCCCCCCCCCC. The standard InChI is InChI=1S/C57H107NO5/c1-3-5-7-9-11-13-15-17-19-21-22-23-24-25-26-27-28-29-30-31-32-33-34-35-37-38-40-42-44-46-48-50-54(60)56(62)53(52-59)58-57(63)55(61)51-49-47-45-43-41-39-36-20-18-16-14-12-10-8-6-4-2/h18,20,31-32,35,37,42,44,53-56,59-62H,3-17,19,21-30,33-34,36,38-41,43,45-52H2,1-2H3,(H,58,63)/b20-18-,32-31+,37-35+,44-42+. The van der Waals surface area contributed by atoms with Gasteiger partial charge in [0.25, 0.3) is 0 Å². The van der Waals surface area contributed by atoms with Gasteiger partial charge in [0.15, 0.2) is 0 Å². The van der Waals surface area contributed by atoms with Gasteiger partial charge in [0, 0.05) is 0 Å².